The van der Waals surface area contributed by atoms with Crippen molar-refractivity contribution in [3.05, 3.63) is 95.6 Å². The quantitative estimate of drug-likeness (QED) is 0.390. The molecule has 0 aliphatic carbocycles. The van der Waals surface area contributed by atoms with Crippen LogP contribution < -0.4 is 5.32 Å². The van der Waals surface area contributed by atoms with Crippen molar-refractivity contribution in [3.63, 3.8) is 0 Å². The minimum absolute atomic E-state index is 0.201. The van der Waals surface area contributed by atoms with Gasteiger partial charge in [0, 0.05) is 30.7 Å². The standard InChI is InChI=1S/C32H34F3N3O3/c1-41-31(40)29-19-25(21-38(29)26-15-17-37(18-16-26)20-22-7-3-2-4-8-22)36-30(39)28-10-6-5-9-27(28)23-11-13-24(14-12-23)32(33,34)35/h2-14,25-26,29H,15-21H2,1H3,(H,36,39)/t25-,29-/m0/s1. The lowest BCUT2D eigenvalue weighted by Crippen LogP contribution is -2.49. The van der Waals surface area contributed by atoms with Gasteiger partial charge in [0.1, 0.15) is 6.04 Å². The van der Waals surface area contributed by atoms with Crippen LogP contribution in [0.1, 0.15) is 40.7 Å². The predicted octanol–water partition coefficient (Wildman–Crippen LogP) is 5.38. The summed E-state index contributed by atoms with van der Waals surface area (Å²) >= 11 is 0. The molecule has 5 rings (SSSR count). The van der Waals surface area contributed by atoms with Crippen molar-refractivity contribution < 1.29 is 27.5 Å². The summed E-state index contributed by atoms with van der Waals surface area (Å²) in [6.07, 6.45) is -2.17. The van der Waals surface area contributed by atoms with Crippen molar-refractivity contribution in [2.75, 3.05) is 26.7 Å². The van der Waals surface area contributed by atoms with E-state index in [1.807, 2.05) is 18.2 Å². The van der Waals surface area contributed by atoms with Gasteiger partial charge in [0.25, 0.3) is 5.91 Å². The average molecular weight is 566 g/mol. The van der Waals surface area contributed by atoms with E-state index >= 15 is 0 Å². The molecule has 0 aromatic heterocycles. The molecule has 2 heterocycles. The van der Waals surface area contributed by atoms with Crippen LogP contribution in [0.5, 0.6) is 0 Å². The fourth-order valence-corrected chi connectivity index (χ4v) is 6.02. The highest BCUT2D eigenvalue weighted by atomic mass is 19.4. The van der Waals surface area contributed by atoms with Gasteiger partial charge in [-0.25, -0.2) is 0 Å². The van der Waals surface area contributed by atoms with Crippen LogP contribution in [0.4, 0.5) is 13.2 Å². The van der Waals surface area contributed by atoms with Crippen molar-refractivity contribution in [1.29, 1.82) is 0 Å². The average Bonchev–Trinajstić information content (AvgIpc) is 3.41. The lowest BCUT2D eigenvalue weighted by molar-refractivity contribution is -0.147. The molecule has 3 aromatic rings. The molecule has 0 spiro atoms. The normalized spacial score (nSPS) is 20.6. The van der Waals surface area contributed by atoms with E-state index in [2.05, 4.69) is 27.2 Å². The Balaban J connectivity index is 1.25. The largest absolute Gasteiger partial charge is 0.468 e. The number of piperidine rings is 1. The third-order valence-corrected chi connectivity index (χ3v) is 8.12. The van der Waals surface area contributed by atoms with E-state index in [1.165, 1.54) is 24.8 Å². The number of ether oxygens (including phenoxy) is 1. The highest BCUT2D eigenvalue weighted by Gasteiger charge is 2.42. The van der Waals surface area contributed by atoms with Gasteiger partial charge in [-0.2, -0.15) is 13.2 Å². The smallest absolute Gasteiger partial charge is 0.416 e. The van der Waals surface area contributed by atoms with Gasteiger partial charge in [0.15, 0.2) is 0 Å². The van der Waals surface area contributed by atoms with E-state index in [0.29, 0.717) is 29.7 Å². The van der Waals surface area contributed by atoms with E-state index in [-0.39, 0.29) is 24.0 Å². The second-order valence-electron chi connectivity index (χ2n) is 10.8. The Morgan fingerprint density at radius 3 is 2.24 bits per heavy atom. The number of methoxy groups -OCH3 is 1. The van der Waals surface area contributed by atoms with Gasteiger partial charge < -0.3 is 10.1 Å². The first-order chi connectivity index (χ1) is 19.7. The summed E-state index contributed by atoms with van der Waals surface area (Å²) in [5.41, 5.74) is 1.97. The third kappa shape index (κ3) is 6.80. The van der Waals surface area contributed by atoms with Crippen LogP contribution in [-0.4, -0.2) is 66.5 Å². The molecule has 2 aliphatic rings. The van der Waals surface area contributed by atoms with Gasteiger partial charge in [-0.1, -0.05) is 60.7 Å². The summed E-state index contributed by atoms with van der Waals surface area (Å²) in [6.45, 7) is 3.26. The molecule has 0 radical (unpaired) electrons. The molecule has 2 fully saturated rings. The van der Waals surface area contributed by atoms with Gasteiger partial charge in [-0.05, 0) is 67.2 Å². The summed E-state index contributed by atoms with van der Waals surface area (Å²) in [5, 5.41) is 3.08. The highest BCUT2D eigenvalue weighted by molar-refractivity contribution is 6.01. The number of nitrogens with zero attached hydrogens (tertiary/aromatic N) is 2. The van der Waals surface area contributed by atoms with Crippen molar-refractivity contribution >= 4 is 11.9 Å². The van der Waals surface area contributed by atoms with Crippen LogP contribution in [0, 0.1) is 0 Å². The molecule has 0 unspecified atom stereocenters. The van der Waals surface area contributed by atoms with Crippen LogP contribution in [-0.2, 0) is 22.3 Å². The number of likely N-dealkylation sites (tertiary alicyclic amines) is 2. The van der Waals surface area contributed by atoms with Crippen molar-refractivity contribution in [3.8, 4) is 11.1 Å². The number of halogens is 3. The Morgan fingerprint density at radius 1 is 0.927 bits per heavy atom. The lowest BCUT2D eigenvalue weighted by atomic mass is 9.98. The first-order valence-electron chi connectivity index (χ1n) is 13.9. The number of amides is 1. The second kappa shape index (κ2) is 12.4. The molecule has 2 saturated heterocycles. The summed E-state index contributed by atoms with van der Waals surface area (Å²) in [5.74, 6) is -0.632. The summed E-state index contributed by atoms with van der Waals surface area (Å²) in [4.78, 5) is 30.8. The molecule has 2 aliphatic heterocycles. The van der Waals surface area contributed by atoms with E-state index in [9.17, 15) is 22.8 Å². The van der Waals surface area contributed by atoms with Crippen LogP contribution in [0.3, 0.4) is 0 Å². The van der Waals surface area contributed by atoms with E-state index in [4.69, 9.17) is 4.74 Å². The maximum atomic E-state index is 13.4. The Morgan fingerprint density at radius 2 is 1.59 bits per heavy atom. The Bertz CT molecular complexity index is 1340. The molecule has 0 bridgehead atoms. The molecule has 216 valence electrons. The number of hydrogen-bond acceptors (Lipinski definition) is 5. The van der Waals surface area contributed by atoms with Crippen LogP contribution in [0.25, 0.3) is 11.1 Å². The fourth-order valence-electron chi connectivity index (χ4n) is 6.02. The SMILES string of the molecule is COC(=O)[C@@H]1C[C@H](NC(=O)c2ccccc2-c2ccc(C(F)(F)F)cc2)CN1C1CCN(Cc2ccccc2)CC1. The van der Waals surface area contributed by atoms with Gasteiger partial charge >= 0.3 is 12.1 Å². The molecule has 0 saturated carbocycles. The number of benzene rings is 3. The highest BCUT2D eigenvalue weighted by Crippen LogP contribution is 2.32. The number of rotatable bonds is 7. The van der Waals surface area contributed by atoms with E-state index in [1.54, 1.807) is 24.3 Å². The molecule has 41 heavy (non-hydrogen) atoms. The van der Waals surface area contributed by atoms with Crippen molar-refractivity contribution in [2.24, 2.45) is 0 Å². The first kappa shape index (κ1) is 28.8. The summed E-state index contributed by atoms with van der Waals surface area (Å²) in [7, 11) is 1.38. The topological polar surface area (TPSA) is 61.9 Å². The number of nitrogens with one attached hydrogen (secondary N) is 1. The molecule has 1 N–H and O–H groups in total. The van der Waals surface area contributed by atoms with Crippen LogP contribution in [0.2, 0.25) is 0 Å². The second-order valence-corrected chi connectivity index (χ2v) is 10.8. The van der Waals surface area contributed by atoms with E-state index in [0.717, 1.165) is 44.6 Å². The third-order valence-electron chi connectivity index (χ3n) is 8.12. The lowest BCUT2D eigenvalue weighted by Gasteiger charge is -2.38. The van der Waals surface area contributed by atoms with Gasteiger partial charge in [0.05, 0.1) is 12.7 Å². The summed E-state index contributed by atoms with van der Waals surface area (Å²) < 4.78 is 44.2. The molecule has 6 nitrogen and oxygen atoms in total. The van der Waals surface area contributed by atoms with Gasteiger partial charge in [0.2, 0.25) is 0 Å². The zero-order chi connectivity index (χ0) is 29.0. The Hall–Kier alpha value is -3.69. The Labute approximate surface area is 238 Å². The number of hydrogen-bond donors (Lipinski definition) is 1. The molecule has 2 atom stereocenters. The molecule has 3 aromatic carbocycles. The summed E-state index contributed by atoms with van der Waals surface area (Å²) in [6, 6.07) is 21.5. The van der Waals surface area contributed by atoms with Gasteiger partial charge in [-0.3, -0.25) is 19.4 Å². The predicted molar refractivity (Wildman–Crippen MR) is 150 cm³/mol. The van der Waals surface area contributed by atoms with Crippen molar-refractivity contribution in [2.45, 2.75) is 50.1 Å². The monoisotopic (exact) mass is 565 g/mol. The molecule has 9 heteroatoms. The van der Waals surface area contributed by atoms with Crippen LogP contribution >= 0.6 is 0 Å². The Kier molecular flexibility index (Phi) is 8.75. The first-order valence-corrected chi connectivity index (χ1v) is 13.9. The maximum absolute atomic E-state index is 13.4. The van der Waals surface area contributed by atoms with Crippen molar-refractivity contribution in [1.82, 2.24) is 15.1 Å². The maximum Gasteiger partial charge on any atom is 0.416 e. The zero-order valence-corrected chi connectivity index (χ0v) is 22.9. The van der Waals surface area contributed by atoms with Gasteiger partial charge in [-0.15, -0.1) is 0 Å². The minimum atomic E-state index is -4.43. The number of alkyl halides is 3. The number of carbonyl (C=O) groups is 2. The van der Waals surface area contributed by atoms with E-state index < -0.39 is 17.8 Å². The number of esters is 1. The minimum Gasteiger partial charge on any atom is -0.468 e. The number of carbonyl (C=O) groups excluding carboxylic acids is 2. The fraction of sp³-hybridized carbons (Fsp3) is 0.375. The zero-order valence-electron chi connectivity index (χ0n) is 22.9. The molecular formula is C32H34F3N3O3. The molecular weight excluding hydrogens is 531 g/mol. The molecule has 1 amide bonds. The van der Waals surface area contributed by atoms with Crippen LogP contribution in [0.15, 0.2) is 78.9 Å².